The van der Waals surface area contributed by atoms with Gasteiger partial charge in [-0.15, -0.1) is 11.3 Å². The molecule has 27 heavy (non-hydrogen) atoms. The quantitative estimate of drug-likeness (QED) is 0.535. The molecule has 1 aliphatic heterocycles. The standard InChI is InChI=1S/C22H16FN3S/c23-22-17(19-5-3-10-25-26-19)8-7-15-16(9-11-24-13-18(15)22)21-12-14-4-1-2-6-20(14)27-21/h1-10,12,24H,11,13H2. The summed E-state index contributed by atoms with van der Waals surface area (Å²) in [5.41, 5.74) is 3.74. The van der Waals surface area contributed by atoms with Gasteiger partial charge in [-0.3, -0.25) is 0 Å². The van der Waals surface area contributed by atoms with Crippen molar-refractivity contribution < 1.29 is 4.39 Å². The number of nitrogens with one attached hydrogen (secondary N) is 1. The normalized spacial score (nSPS) is 13.9. The molecule has 3 nitrogen and oxygen atoms in total. The van der Waals surface area contributed by atoms with Crippen LogP contribution in [-0.2, 0) is 6.54 Å². The molecule has 1 aliphatic rings. The van der Waals surface area contributed by atoms with Gasteiger partial charge in [0.1, 0.15) is 5.82 Å². The van der Waals surface area contributed by atoms with Crippen molar-refractivity contribution in [1.82, 2.24) is 15.5 Å². The largest absolute Gasteiger partial charge is 0.309 e. The Hall–Kier alpha value is -2.89. The highest BCUT2D eigenvalue weighted by Crippen LogP contribution is 2.38. The fourth-order valence-corrected chi connectivity index (χ4v) is 4.64. The molecule has 2 aromatic heterocycles. The van der Waals surface area contributed by atoms with Gasteiger partial charge < -0.3 is 5.32 Å². The van der Waals surface area contributed by atoms with E-state index in [2.05, 4.69) is 39.8 Å². The number of rotatable bonds is 2. The van der Waals surface area contributed by atoms with Crippen LogP contribution in [0.1, 0.15) is 16.0 Å². The first-order chi connectivity index (χ1) is 13.3. The highest BCUT2D eigenvalue weighted by Gasteiger charge is 2.21. The van der Waals surface area contributed by atoms with Crippen LogP contribution in [0.2, 0.25) is 0 Å². The number of nitrogens with zero attached hydrogens (tertiary/aromatic N) is 2. The van der Waals surface area contributed by atoms with Crippen molar-refractivity contribution in [3.05, 3.63) is 88.7 Å². The molecular weight excluding hydrogens is 357 g/mol. The van der Waals surface area contributed by atoms with Gasteiger partial charge in [-0.25, -0.2) is 4.39 Å². The molecule has 4 aromatic rings. The lowest BCUT2D eigenvalue weighted by Crippen LogP contribution is -2.13. The second kappa shape index (κ2) is 6.68. The van der Waals surface area contributed by atoms with E-state index in [0.29, 0.717) is 29.9 Å². The predicted octanol–water partition coefficient (Wildman–Crippen LogP) is 5.03. The molecule has 0 bridgehead atoms. The Morgan fingerprint density at radius 1 is 1.00 bits per heavy atom. The maximum absolute atomic E-state index is 15.4. The van der Waals surface area contributed by atoms with Crippen LogP contribution in [0, 0.1) is 5.82 Å². The summed E-state index contributed by atoms with van der Waals surface area (Å²) in [6, 6.07) is 17.9. The third-order valence-electron chi connectivity index (χ3n) is 4.82. The van der Waals surface area contributed by atoms with Gasteiger partial charge in [0.25, 0.3) is 0 Å². The third kappa shape index (κ3) is 2.85. The Bertz CT molecular complexity index is 1130. The average molecular weight is 373 g/mol. The van der Waals surface area contributed by atoms with Crippen molar-refractivity contribution in [2.45, 2.75) is 6.54 Å². The van der Waals surface area contributed by atoms with Crippen LogP contribution < -0.4 is 5.32 Å². The Kier molecular flexibility index (Phi) is 4.03. The molecule has 0 radical (unpaired) electrons. The molecule has 1 N–H and O–H groups in total. The molecule has 2 aromatic carbocycles. The van der Waals surface area contributed by atoms with Gasteiger partial charge in [-0.1, -0.05) is 30.3 Å². The van der Waals surface area contributed by atoms with Crippen molar-refractivity contribution in [2.24, 2.45) is 0 Å². The molecule has 0 unspecified atom stereocenters. The number of hydrogen-bond donors (Lipinski definition) is 1. The van der Waals surface area contributed by atoms with Crippen molar-refractivity contribution in [3.63, 3.8) is 0 Å². The summed E-state index contributed by atoms with van der Waals surface area (Å²) in [5.74, 6) is -0.227. The smallest absolute Gasteiger partial charge is 0.137 e. The maximum atomic E-state index is 15.4. The number of aromatic nitrogens is 2. The zero-order valence-electron chi connectivity index (χ0n) is 14.4. The minimum atomic E-state index is -0.227. The van der Waals surface area contributed by atoms with Crippen LogP contribution in [0.15, 0.2) is 66.9 Å². The highest BCUT2D eigenvalue weighted by atomic mass is 32.1. The Morgan fingerprint density at radius 3 is 2.74 bits per heavy atom. The van der Waals surface area contributed by atoms with Crippen LogP contribution >= 0.6 is 11.3 Å². The van der Waals surface area contributed by atoms with E-state index in [9.17, 15) is 0 Å². The van der Waals surface area contributed by atoms with Gasteiger partial charge in [-0.05, 0) is 46.9 Å². The van der Waals surface area contributed by atoms with E-state index in [-0.39, 0.29) is 5.82 Å². The van der Waals surface area contributed by atoms with Gasteiger partial charge >= 0.3 is 0 Å². The van der Waals surface area contributed by atoms with E-state index in [1.807, 2.05) is 24.3 Å². The number of fused-ring (bicyclic) bond motifs is 2. The molecule has 132 valence electrons. The molecule has 0 amide bonds. The number of benzene rings is 2. The van der Waals surface area contributed by atoms with E-state index in [1.165, 1.54) is 10.1 Å². The topological polar surface area (TPSA) is 37.8 Å². The molecule has 0 spiro atoms. The first kappa shape index (κ1) is 16.3. The lowest BCUT2D eigenvalue weighted by molar-refractivity contribution is 0.600. The number of halogens is 1. The van der Waals surface area contributed by atoms with E-state index >= 15 is 4.39 Å². The van der Waals surface area contributed by atoms with Gasteiger partial charge in [0, 0.05) is 40.0 Å². The average Bonchev–Trinajstić information content (AvgIpc) is 3.01. The second-order valence-electron chi connectivity index (χ2n) is 6.46. The lowest BCUT2D eigenvalue weighted by atomic mass is 9.95. The molecule has 0 fully saturated rings. The minimum Gasteiger partial charge on any atom is -0.309 e. The van der Waals surface area contributed by atoms with Gasteiger partial charge in [0.05, 0.1) is 5.69 Å². The summed E-state index contributed by atoms with van der Waals surface area (Å²) in [5, 5.41) is 12.5. The molecule has 5 rings (SSSR count). The van der Waals surface area contributed by atoms with Crippen molar-refractivity contribution in [2.75, 3.05) is 6.54 Å². The fraction of sp³-hybridized carbons (Fsp3) is 0.0909. The summed E-state index contributed by atoms with van der Waals surface area (Å²) in [7, 11) is 0. The van der Waals surface area contributed by atoms with Crippen LogP contribution in [0.4, 0.5) is 4.39 Å². The van der Waals surface area contributed by atoms with E-state index in [1.54, 1.807) is 29.7 Å². The third-order valence-corrected chi connectivity index (χ3v) is 5.97. The van der Waals surface area contributed by atoms with Gasteiger partial charge in [-0.2, -0.15) is 10.2 Å². The van der Waals surface area contributed by atoms with E-state index in [4.69, 9.17) is 0 Å². The molecule has 0 atom stereocenters. The van der Waals surface area contributed by atoms with Gasteiger partial charge in [0.2, 0.25) is 0 Å². The van der Waals surface area contributed by atoms with Crippen molar-refractivity contribution in [3.8, 4) is 11.3 Å². The summed E-state index contributed by atoms with van der Waals surface area (Å²) in [6.07, 6.45) is 3.74. The monoisotopic (exact) mass is 373 g/mol. The molecular formula is C22H16FN3S. The van der Waals surface area contributed by atoms with Crippen LogP contribution in [0.5, 0.6) is 0 Å². The molecule has 5 heteroatoms. The zero-order valence-corrected chi connectivity index (χ0v) is 15.3. The lowest BCUT2D eigenvalue weighted by Gasteiger charge is -2.13. The van der Waals surface area contributed by atoms with E-state index in [0.717, 1.165) is 16.0 Å². The Morgan fingerprint density at radius 2 is 1.89 bits per heavy atom. The second-order valence-corrected chi connectivity index (χ2v) is 7.54. The Labute approximate surface area is 160 Å². The molecule has 0 saturated carbocycles. The first-order valence-electron chi connectivity index (χ1n) is 8.81. The molecule has 3 heterocycles. The van der Waals surface area contributed by atoms with Crippen molar-refractivity contribution >= 4 is 27.0 Å². The number of hydrogen-bond acceptors (Lipinski definition) is 4. The first-order valence-corrected chi connectivity index (χ1v) is 9.62. The van der Waals surface area contributed by atoms with E-state index < -0.39 is 0 Å². The summed E-state index contributed by atoms with van der Waals surface area (Å²) < 4.78 is 16.6. The SMILES string of the molecule is Fc1c(-c2cccnn2)ccc2c1CNCC=C2c1cc2ccccc2s1. The van der Waals surface area contributed by atoms with Crippen LogP contribution in [0.3, 0.4) is 0 Å². The minimum absolute atomic E-state index is 0.227. The fourth-order valence-electron chi connectivity index (χ4n) is 3.52. The van der Waals surface area contributed by atoms with Crippen LogP contribution in [-0.4, -0.2) is 16.7 Å². The number of thiophene rings is 1. The van der Waals surface area contributed by atoms with Gasteiger partial charge in [0.15, 0.2) is 0 Å². The Balaban J connectivity index is 1.66. The molecule has 0 saturated heterocycles. The van der Waals surface area contributed by atoms with Crippen LogP contribution in [0.25, 0.3) is 26.9 Å². The summed E-state index contributed by atoms with van der Waals surface area (Å²) in [6.45, 7) is 1.19. The predicted molar refractivity (Wildman–Crippen MR) is 108 cm³/mol. The molecule has 0 aliphatic carbocycles. The van der Waals surface area contributed by atoms with Crippen molar-refractivity contribution in [1.29, 1.82) is 0 Å². The highest BCUT2D eigenvalue weighted by molar-refractivity contribution is 7.20. The zero-order chi connectivity index (χ0) is 18.2. The maximum Gasteiger partial charge on any atom is 0.137 e. The summed E-state index contributed by atoms with van der Waals surface area (Å²) in [4.78, 5) is 1.16. The summed E-state index contributed by atoms with van der Waals surface area (Å²) >= 11 is 1.74.